The first-order valence-electron chi connectivity index (χ1n) is 9.27. The van der Waals surface area contributed by atoms with Gasteiger partial charge in [-0.2, -0.15) is 0 Å². The average Bonchev–Trinajstić information content (AvgIpc) is 3.20. The second-order valence-corrected chi connectivity index (χ2v) is 6.34. The van der Waals surface area contributed by atoms with E-state index < -0.39 is 0 Å². The molecule has 8 heteroatoms. The van der Waals surface area contributed by atoms with Gasteiger partial charge in [0, 0.05) is 25.9 Å². The van der Waals surface area contributed by atoms with E-state index in [0.717, 1.165) is 35.1 Å². The Bertz CT molecular complexity index is 912. The molecule has 0 aliphatic carbocycles. The molecule has 0 aliphatic rings. The number of aromatic amines is 1. The molecule has 0 bridgehead atoms. The van der Waals surface area contributed by atoms with Crippen molar-refractivity contribution in [3.05, 3.63) is 66.2 Å². The summed E-state index contributed by atoms with van der Waals surface area (Å²) in [5.74, 6) is 2.29. The van der Waals surface area contributed by atoms with Crippen LogP contribution in [0.15, 0.2) is 59.9 Å². The molecule has 3 aromatic rings. The maximum Gasteiger partial charge on any atom is 0.213 e. The Morgan fingerprint density at radius 2 is 2.00 bits per heavy atom. The molecule has 0 saturated carbocycles. The maximum atomic E-state index is 5.18. The fourth-order valence-electron chi connectivity index (χ4n) is 2.80. The van der Waals surface area contributed by atoms with Gasteiger partial charge in [0.15, 0.2) is 5.96 Å². The number of methoxy groups -OCH3 is 1. The predicted molar refractivity (Wildman–Crippen MR) is 127 cm³/mol. The van der Waals surface area contributed by atoms with Crippen molar-refractivity contribution < 1.29 is 4.74 Å². The summed E-state index contributed by atoms with van der Waals surface area (Å²) >= 11 is 0. The van der Waals surface area contributed by atoms with E-state index in [1.165, 1.54) is 0 Å². The third-order valence-electron chi connectivity index (χ3n) is 4.22. The highest BCUT2D eigenvalue weighted by atomic mass is 127. The van der Waals surface area contributed by atoms with Crippen LogP contribution < -0.4 is 10.1 Å². The van der Waals surface area contributed by atoms with Crippen LogP contribution >= 0.6 is 24.0 Å². The summed E-state index contributed by atoms with van der Waals surface area (Å²) in [6, 6.07) is 14.0. The van der Waals surface area contributed by atoms with Gasteiger partial charge < -0.3 is 19.9 Å². The lowest BCUT2D eigenvalue weighted by atomic mass is 10.2. The number of benzene rings is 1. The molecule has 0 spiro atoms. The van der Waals surface area contributed by atoms with Crippen molar-refractivity contribution in [3.8, 4) is 17.1 Å². The molecule has 0 unspecified atom stereocenters. The molecule has 2 N–H and O–H groups in total. The highest BCUT2D eigenvalue weighted by Gasteiger charge is 2.10. The Morgan fingerprint density at radius 3 is 2.72 bits per heavy atom. The lowest BCUT2D eigenvalue weighted by molar-refractivity contribution is 0.397. The van der Waals surface area contributed by atoms with Crippen molar-refractivity contribution in [2.24, 2.45) is 4.99 Å². The first kappa shape index (κ1) is 22.7. The Labute approximate surface area is 188 Å². The molecule has 0 fully saturated rings. The van der Waals surface area contributed by atoms with Gasteiger partial charge in [0.05, 0.1) is 32.1 Å². The molecule has 0 radical (unpaired) electrons. The minimum atomic E-state index is 0. The minimum absolute atomic E-state index is 0. The van der Waals surface area contributed by atoms with Gasteiger partial charge >= 0.3 is 0 Å². The molecule has 1 aromatic carbocycles. The maximum absolute atomic E-state index is 5.18. The number of aromatic nitrogens is 3. The summed E-state index contributed by atoms with van der Waals surface area (Å²) in [6.07, 6.45) is 3.60. The van der Waals surface area contributed by atoms with E-state index in [1.54, 1.807) is 13.3 Å². The Kier molecular flexibility index (Phi) is 8.91. The molecule has 0 amide bonds. The van der Waals surface area contributed by atoms with Crippen LogP contribution in [-0.2, 0) is 13.1 Å². The zero-order valence-electron chi connectivity index (χ0n) is 16.9. The van der Waals surface area contributed by atoms with E-state index in [4.69, 9.17) is 9.73 Å². The number of nitrogens with one attached hydrogen (secondary N) is 2. The zero-order chi connectivity index (χ0) is 19.8. The molecule has 29 heavy (non-hydrogen) atoms. The van der Waals surface area contributed by atoms with Gasteiger partial charge in [0.2, 0.25) is 5.88 Å². The van der Waals surface area contributed by atoms with Crippen LogP contribution in [0.4, 0.5) is 0 Å². The van der Waals surface area contributed by atoms with Gasteiger partial charge in [-0.05, 0) is 24.1 Å². The predicted octanol–water partition coefficient (Wildman–Crippen LogP) is 3.70. The second kappa shape index (κ2) is 11.4. The summed E-state index contributed by atoms with van der Waals surface area (Å²) in [5, 5.41) is 3.33. The van der Waals surface area contributed by atoms with E-state index in [0.29, 0.717) is 19.0 Å². The van der Waals surface area contributed by atoms with Crippen LogP contribution in [0.1, 0.15) is 18.3 Å². The highest BCUT2D eigenvalue weighted by molar-refractivity contribution is 14.0. The van der Waals surface area contributed by atoms with Gasteiger partial charge in [0.25, 0.3) is 0 Å². The first-order chi connectivity index (χ1) is 13.7. The van der Waals surface area contributed by atoms with Gasteiger partial charge in [-0.3, -0.25) is 0 Å². The summed E-state index contributed by atoms with van der Waals surface area (Å²) < 4.78 is 5.18. The van der Waals surface area contributed by atoms with Gasteiger partial charge in [-0.15, -0.1) is 24.0 Å². The minimum Gasteiger partial charge on any atom is -0.481 e. The molecule has 0 atom stereocenters. The Balaban J connectivity index is 0.00000300. The van der Waals surface area contributed by atoms with Crippen molar-refractivity contribution in [3.63, 3.8) is 0 Å². The number of hydrogen-bond donors (Lipinski definition) is 2. The fraction of sp³-hybridized carbons (Fsp3) is 0.286. The number of H-pyrrole nitrogens is 1. The Hall–Kier alpha value is -2.62. The normalized spacial score (nSPS) is 10.9. The summed E-state index contributed by atoms with van der Waals surface area (Å²) in [5.41, 5.74) is 3.17. The number of aliphatic imine (C=N–C) groups is 1. The van der Waals surface area contributed by atoms with E-state index in [9.17, 15) is 0 Å². The van der Waals surface area contributed by atoms with Gasteiger partial charge in [0.1, 0.15) is 5.82 Å². The van der Waals surface area contributed by atoms with Gasteiger partial charge in [-0.1, -0.05) is 30.3 Å². The molecule has 154 valence electrons. The number of imidazole rings is 1. The number of ether oxygens (including phenoxy) is 1. The van der Waals surface area contributed by atoms with Crippen molar-refractivity contribution in [1.82, 2.24) is 25.2 Å². The zero-order valence-corrected chi connectivity index (χ0v) is 19.3. The highest BCUT2D eigenvalue weighted by Crippen LogP contribution is 2.16. The van der Waals surface area contributed by atoms with E-state index in [-0.39, 0.29) is 24.0 Å². The van der Waals surface area contributed by atoms with Crippen LogP contribution in [0.2, 0.25) is 0 Å². The Morgan fingerprint density at radius 1 is 1.21 bits per heavy atom. The average molecular weight is 506 g/mol. The third-order valence-corrected chi connectivity index (χ3v) is 4.22. The SMILES string of the molecule is CCNC(=NCc1ccnc(OC)c1)N(C)Cc1ncc(-c2ccccc2)[nH]1.I. The number of hydrogen-bond acceptors (Lipinski definition) is 4. The standard InChI is InChI=1S/C21H26N6O.HI/c1-4-22-21(25-13-16-10-11-23-20(12-16)28-3)27(2)15-19-24-14-18(26-19)17-8-6-5-7-9-17;/h5-12,14H,4,13,15H2,1-3H3,(H,22,25)(H,24,26);1H. The van der Waals surface area contributed by atoms with Crippen LogP contribution in [0.25, 0.3) is 11.3 Å². The molecule has 2 aromatic heterocycles. The van der Waals surface area contributed by atoms with E-state index in [1.807, 2.05) is 43.6 Å². The molecule has 0 aliphatic heterocycles. The number of rotatable bonds is 7. The summed E-state index contributed by atoms with van der Waals surface area (Å²) in [6.45, 7) is 4.01. The van der Waals surface area contributed by atoms with Crippen LogP contribution in [0.5, 0.6) is 5.88 Å². The summed E-state index contributed by atoms with van der Waals surface area (Å²) in [4.78, 5) is 18.8. The summed E-state index contributed by atoms with van der Waals surface area (Å²) in [7, 11) is 3.61. The van der Waals surface area contributed by atoms with Crippen molar-refractivity contribution in [2.75, 3.05) is 20.7 Å². The first-order valence-corrected chi connectivity index (χ1v) is 9.27. The molecule has 3 rings (SSSR count). The molecular weight excluding hydrogens is 479 g/mol. The lowest BCUT2D eigenvalue weighted by Gasteiger charge is -2.21. The number of pyridine rings is 1. The molecule has 2 heterocycles. The van der Waals surface area contributed by atoms with Crippen molar-refractivity contribution in [2.45, 2.75) is 20.0 Å². The van der Waals surface area contributed by atoms with Crippen LogP contribution in [0, 0.1) is 0 Å². The van der Waals surface area contributed by atoms with E-state index in [2.05, 4.69) is 44.2 Å². The number of halogens is 1. The van der Waals surface area contributed by atoms with Crippen molar-refractivity contribution >= 4 is 29.9 Å². The molecule has 0 saturated heterocycles. The monoisotopic (exact) mass is 506 g/mol. The van der Waals surface area contributed by atoms with Crippen molar-refractivity contribution in [1.29, 1.82) is 0 Å². The lowest BCUT2D eigenvalue weighted by Crippen LogP contribution is -2.38. The number of guanidine groups is 1. The topological polar surface area (TPSA) is 78.4 Å². The fourth-order valence-corrected chi connectivity index (χ4v) is 2.80. The third kappa shape index (κ3) is 6.45. The van der Waals surface area contributed by atoms with E-state index >= 15 is 0 Å². The second-order valence-electron chi connectivity index (χ2n) is 6.34. The number of nitrogens with zero attached hydrogens (tertiary/aromatic N) is 4. The molecule has 7 nitrogen and oxygen atoms in total. The smallest absolute Gasteiger partial charge is 0.213 e. The quantitative estimate of drug-likeness (QED) is 0.291. The molecular formula is C21H27IN6O. The van der Waals surface area contributed by atoms with Crippen LogP contribution in [-0.4, -0.2) is 46.5 Å². The largest absolute Gasteiger partial charge is 0.481 e. The van der Waals surface area contributed by atoms with Gasteiger partial charge in [-0.25, -0.2) is 15.0 Å². The van der Waals surface area contributed by atoms with Crippen LogP contribution in [0.3, 0.4) is 0 Å².